The maximum absolute atomic E-state index is 12.5. The van der Waals surface area contributed by atoms with Crippen LogP contribution in [0.5, 0.6) is 0 Å². The number of rotatable bonds is 61. The minimum absolute atomic E-state index is 0.00761. The van der Waals surface area contributed by atoms with Gasteiger partial charge in [-0.3, -0.25) is 9.59 Å². The molecule has 430 valence electrons. The van der Waals surface area contributed by atoms with Gasteiger partial charge in [-0.05, 0) is 83.5 Å². The summed E-state index contributed by atoms with van der Waals surface area (Å²) in [5.74, 6) is -0.0597. The Bertz CT molecular complexity index is 1180. The van der Waals surface area contributed by atoms with Gasteiger partial charge in [-0.15, -0.1) is 0 Å². The molecule has 6 nitrogen and oxygen atoms in total. The van der Waals surface area contributed by atoms with E-state index in [2.05, 4.69) is 43.5 Å². The third-order valence-electron chi connectivity index (χ3n) is 15.1. The van der Waals surface area contributed by atoms with Gasteiger partial charge < -0.3 is 20.3 Å². The molecule has 0 radical (unpaired) electrons. The van der Waals surface area contributed by atoms with Gasteiger partial charge in [-0.1, -0.05) is 294 Å². The summed E-state index contributed by atoms with van der Waals surface area (Å²) in [5.41, 5.74) is 0. The summed E-state index contributed by atoms with van der Waals surface area (Å²) in [6.45, 7) is 4.91. The molecule has 0 aromatic heterocycles. The second-order valence-corrected chi connectivity index (χ2v) is 22.4. The molecule has 0 heterocycles. The molecule has 0 saturated carbocycles. The first-order valence-corrected chi connectivity index (χ1v) is 32.8. The predicted molar refractivity (Wildman–Crippen MR) is 319 cm³/mol. The summed E-state index contributed by atoms with van der Waals surface area (Å²) in [6, 6.07) is -0.627. The van der Waals surface area contributed by atoms with Crippen LogP contribution in [0.25, 0.3) is 0 Å². The summed E-state index contributed by atoms with van der Waals surface area (Å²) >= 11 is 0. The van der Waals surface area contributed by atoms with E-state index < -0.39 is 12.1 Å². The van der Waals surface area contributed by atoms with Crippen LogP contribution in [0.2, 0.25) is 0 Å². The molecule has 0 rings (SSSR count). The molecule has 0 bridgehead atoms. The van der Waals surface area contributed by atoms with E-state index in [1.807, 2.05) is 6.08 Å². The van der Waals surface area contributed by atoms with Crippen LogP contribution in [-0.2, 0) is 14.3 Å². The number of esters is 1. The molecule has 0 saturated heterocycles. The number of nitrogens with one attached hydrogen (secondary N) is 1. The lowest BCUT2D eigenvalue weighted by Crippen LogP contribution is -2.45. The van der Waals surface area contributed by atoms with Gasteiger partial charge in [0.25, 0.3) is 0 Å². The quantitative estimate of drug-likeness (QED) is 0.0320. The fourth-order valence-corrected chi connectivity index (χ4v) is 10.1. The van der Waals surface area contributed by atoms with E-state index in [1.54, 1.807) is 6.08 Å². The highest BCUT2D eigenvalue weighted by molar-refractivity contribution is 5.76. The van der Waals surface area contributed by atoms with Gasteiger partial charge in [0.15, 0.2) is 0 Å². The van der Waals surface area contributed by atoms with Crippen LogP contribution in [0.1, 0.15) is 354 Å². The van der Waals surface area contributed by atoms with Crippen LogP contribution < -0.4 is 5.32 Å². The fourth-order valence-electron chi connectivity index (χ4n) is 10.1. The predicted octanol–water partition coefficient (Wildman–Crippen LogP) is 20.8. The number of ether oxygens (including phenoxy) is 1. The highest BCUT2D eigenvalue weighted by Gasteiger charge is 2.18. The van der Waals surface area contributed by atoms with E-state index in [9.17, 15) is 19.8 Å². The molecular formula is C67H127NO5. The van der Waals surface area contributed by atoms with Crippen LogP contribution in [0.4, 0.5) is 0 Å². The topological polar surface area (TPSA) is 95.9 Å². The number of hydrogen-bond acceptors (Lipinski definition) is 5. The summed E-state index contributed by atoms with van der Waals surface area (Å²) in [4.78, 5) is 24.5. The first-order chi connectivity index (χ1) is 36.0. The standard InChI is InChI=1S/C67H127NO5/c1-3-5-7-9-11-13-15-17-32-37-41-45-49-53-57-61-67(72)73-62-58-54-50-46-42-38-34-31-29-27-25-23-21-19-18-20-22-24-26-28-30-33-36-40-44-48-52-56-60-66(71)68-64(63-69)65(70)59-55-51-47-43-39-35-16-14-12-10-8-6-4-2/h17-19,32,55,59,64-65,69-70H,3-16,20-31,33-54,56-58,60-63H2,1-2H3,(H,68,71)/b19-18-,32-17-,59-55+. The van der Waals surface area contributed by atoms with Crippen molar-refractivity contribution in [3.63, 3.8) is 0 Å². The third-order valence-corrected chi connectivity index (χ3v) is 15.1. The Morgan fingerprint density at radius 3 is 0.973 bits per heavy atom. The van der Waals surface area contributed by atoms with Crippen molar-refractivity contribution in [2.45, 2.75) is 366 Å². The molecule has 1 amide bonds. The molecule has 0 aliphatic carbocycles. The molecule has 0 aromatic rings. The van der Waals surface area contributed by atoms with Crippen molar-refractivity contribution in [1.82, 2.24) is 5.32 Å². The minimum Gasteiger partial charge on any atom is -0.466 e. The minimum atomic E-state index is -0.844. The SMILES string of the molecule is CCCCCCCC/C=C\CCCCCCCC(=O)OCCCCCCCCCCCCCC/C=C\CCCCCCCCCCCCCCC(=O)NC(CO)C(O)/C=C/CCCCCCCCCCCCC. The first kappa shape index (κ1) is 71.1. The Kier molecular flexibility index (Phi) is 61.0. The van der Waals surface area contributed by atoms with Gasteiger partial charge >= 0.3 is 5.97 Å². The van der Waals surface area contributed by atoms with Gasteiger partial charge in [0, 0.05) is 12.8 Å². The molecule has 2 unspecified atom stereocenters. The summed E-state index contributed by atoms with van der Waals surface area (Å²) in [7, 11) is 0. The fraction of sp³-hybridized carbons (Fsp3) is 0.881. The van der Waals surface area contributed by atoms with Gasteiger partial charge in [-0.25, -0.2) is 0 Å². The average molecular weight is 1030 g/mol. The Labute approximate surface area is 455 Å². The van der Waals surface area contributed by atoms with E-state index >= 15 is 0 Å². The molecule has 2 atom stereocenters. The highest BCUT2D eigenvalue weighted by Crippen LogP contribution is 2.17. The number of carbonyl (C=O) groups is 2. The molecular weight excluding hydrogens is 899 g/mol. The van der Waals surface area contributed by atoms with Crippen LogP contribution in [-0.4, -0.2) is 47.4 Å². The number of unbranched alkanes of at least 4 members (excludes halogenated alkanes) is 46. The lowest BCUT2D eigenvalue weighted by atomic mass is 10.0. The average Bonchev–Trinajstić information content (AvgIpc) is 3.39. The van der Waals surface area contributed by atoms with Crippen molar-refractivity contribution in [2.75, 3.05) is 13.2 Å². The summed E-state index contributed by atoms with van der Waals surface area (Å²) in [6.07, 6.45) is 79.2. The van der Waals surface area contributed by atoms with Crippen molar-refractivity contribution < 1.29 is 24.5 Å². The third kappa shape index (κ3) is 59.2. The summed E-state index contributed by atoms with van der Waals surface area (Å²) in [5, 5.41) is 23.1. The maximum Gasteiger partial charge on any atom is 0.305 e. The number of amides is 1. The molecule has 6 heteroatoms. The zero-order chi connectivity index (χ0) is 52.9. The van der Waals surface area contributed by atoms with Gasteiger partial charge in [0.2, 0.25) is 5.91 Å². The Morgan fingerprint density at radius 1 is 0.370 bits per heavy atom. The van der Waals surface area contributed by atoms with Crippen molar-refractivity contribution in [2.24, 2.45) is 0 Å². The Morgan fingerprint density at radius 2 is 0.644 bits per heavy atom. The van der Waals surface area contributed by atoms with E-state index in [0.717, 1.165) is 44.9 Å². The second kappa shape index (κ2) is 62.6. The van der Waals surface area contributed by atoms with Gasteiger partial charge in [0.1, 0.15) is 0 Å². The van der Waals surface area contributed by atoms with E-state index in [1.165, 1.54) is 283 Å². The Balaban J connectivity index is 3.38. The largest absolute Gasteiger partial charge is 0.466 e. The van der Waals surface area contributed by atoms with Crippen molar-refractivity contribution in [3.8, 4) is 0 Å². The Hall–Kier alpha value is -1.92. The van der Waals surface area contributed by atoms with Gasteiger partial charge in [-0.2, -0.15) is 0 Å². The second-order valence-electron chi connectivity index (χ2n) is 22.4. The normalized spacial score (nSPS) is 12.8. The smallest absolute Gasteiger partial charge is 0.305 e. The lowest BCUT2D eigenvalue weighted by molar-refractivity contribution is -0.143. The number of carbonyl (C=O) groups excluding carboxylic acids is 2. The molecule has 73 heavy (non-hydrogen) atoms. The molecule has 0 fully saturated rings. The highest BCUT2D eigenvalue weighted by atomic mass is 16.5. The van der Waals surface area contributed by atoms with Crippen LogP contribution >= 0.6 is 0 Å². The zero-order valence-electron chi connectivity index (χ0n) is 49.1. The maximum atomic E-state index is 12.5. The number of aliphatic hydroxyl groups excluding tert-OH is 2. The lowest BCUT2D eigenvalue weighted by Gasteiger charge is -2.20. The van der Waals surface area contributed by atoms with E-state index in [4.69, 9.17) is 4.74 Å². The van der Waals surface area contributed by atoms with Crippen LogP contribution in [0.15, 0.2) is 36.5 Å². The zero-order valence-corrected chi connectivity index (χ0v) is 49.1. The van der Waals surface area contributed by atoms with Gasteiger partial charge in [0.05, 0.1) is 25.4 Å². The van der Waals surface area contributed by atoms with Crippen LogP contribution in [0, 0.1) is 0 Å². The van der Waals surface area contributed by atoms with Crippen LogP contribution in [0.3, 0.4) is 0 Å². The number of hydrogen-bond donors (Lipinski definition) is 3. The van der Waals surface area contributed by atoms with E-state index in [-0.39, 0.29) is 18.5 Å². The number of allylic oxidation sites excluding steroid dienone is 5. The van der Waals surface area contributed by atoms with Crippen molar-refractivity contribution in [3.05, 3.63) is 36.5 Å². The molecule has 3 N–H and O–H groups in total. The molecule has 0 aliphatic heterocycles. The molecule has 0 aliphatic rings. The number of aliphatic hydroxyl groups is 2. The molecule has 0 aromatic carbocycles. The molecule has 0 spiro atoms. The monoisotopic (exact) mass is 1030 g/mol. The van der Waals surface area contributed by atoms with Crippen molar-refractivity contribution in [1.29, 1.82) is 0 Å². The van der Waals surface area contributed by atoms with E-state index in [0.29, 0.717) is 19.4 Å². The first-order valence-electron chi connectivity index (χ1n) is 32.8. The van der Waals surface area contributed by atoms with Crippen molar-refractivity contribution >= 4 is 11.9 Å². The summed E-state index contributed by atoms with van der Waals surface area (Å²) < 4.78 is 5.49.